The van der Waals surface area contributed by atoms with Crippen LogP contribution in [0.1, 0.15) is 31.9 Å². The topological polar surface area (TPSA) is 89.8 Å². The van der Waals surface area contributed by atoms with E-state index in [1.54, 1.807) is 0 Å². The van der Waals surface area contributed by atoms with Crippen LogP contribution in [0.25, 0.3) is 0 Å². The van der Waals surface area contributed by atoms with Crippen molar-refractivity contribution < 1.29 is 20.1 Å². The van der Waals surface area contributed by atoms with Crippen molar-refractivity contribution in [2.45, 2.75) is 44.9 Å². The lowest BCUT2D eigenvalue weighted by Gasteiger charge is -2.19. The number of carboxylic acid groups (broad SMARTS) is 1. The Bertz CT molecular complexity index is 436. The van der Waals surface area contributed by atoms with E-state index in [1.165, 1.54) is 5.56 Å². The Kier molecular flexibility index (Phi) is 5.68. The number of rotatable bonds is 6. The van der Waals surface area contributed by atoms with Gasteiger partial charge in [0, 0.05) is 13.1 Å². The molecule has 0 aliphatic carbocycles. The maximum atomic E-state index is 10.5. The second kappa shape index (κ2) is 6.83. The Morgan fingerprint density at radius 3 is 2.20 bits per heavy atom. The normalized spacial score (nSPS) is 14.8. The van der Waals surface area contributed by atoms with Crippen molar-refractivity contribution in [2.75, 3.05) is 6.54 Å². The highest BCUT2D eigenvalue weighted by molar-refractivity contribution is 5.72. The summed E-state index contributed by atoms with van der Waals surface area (Å²) in [6.07, 6.45) is -3.08. The van der Waals surface area contributed by atoms with Crippen molar-refractivity contribution in [3.8, 4) is 0 Å². The van der Waals surface area contributed by atoms with Crippen molar-refractivity contribution in [1.82, 2.24) is 5.32 Å². The molecule has 0 saturated heterocycles. The minimum absolute atomic E-state index is 0.0223. The van der Waals surface area contributed by atoms with Gasteiger partial charge >= 0.3 is 5.97 Å². The molecule has 0 amide bonds. The first kappa shape index (κ1) is 16.6. The molecule has 0 aromatic heterocycles. The van der Waals surface area contributed by atoms with E-state index in [0.29, 0.717) is 6.54 Å². The van der Waals surface area contributed by atoms with Crippen LogP contribution in [-0.4, -0.2) is 40.0 Å². The highest BCUT2D eigenvalue weighted by Gasteiger charge is 2.22. The highest BCUT2D eigenvalue weighted by atomic mass is 16.4. The van der Waals surface area contributed by atoms with Crippen LogP contribution in [0.15, 0.2) is 24.3 Å². The van der Waals surface area contributed by atoms with Crippen LogP contribution in [-0.2, 0) is 16.8 Å². The molecule has 5 heteroatoms. The number of hydrogen-bond acceptors (Lipinski definition) is 4. The van der Waals surface area contributed by atoms with Gasteiger partial charge in [0.05, 0.1) is 0 Å². The molecular formula is C15H23NO4. The summed E-state index contributed by atoms with van der Waals surface area (Å²) in [5, 5.41) is 30.0. The summed E-state index contributed by atoms with van der Waals surface area (Å²) in [6, 6.07) is 8.10. The van der Waals surface area contributed by atoms with E-state index < -0.39 is 18.2 Å². The lowest BCUT2D eigenvalue weighted by Crippen LogP contribution is -2.40. The molecule has 1 aromatic carbocycles. The molecule has 5 nitrogen and oxygen atoms in total. The fourth-order valence-corrected chi connectivity index (χ4v) is 1.76. The molecule has 1 aromatic rings. The number of carbonyl (C=O) groups is 1. The molecule has 4 N–H and O–H groups in total. The van der Waals surface area contributed by atoms with Crippen molar-refractivity contribution >= 4 is 5.97 Å². The van der Waals surface area contributed by atoms with E-state index in [1.807, 2.05) is 12.1 Å². The molecule has 112 valence electrons. The molecule has 0 aliphatic rings. The third-order valence-electron chi connectivity index (χ3n) is 3.12. The van der Waals surface area contributed by atoms with Crippen LogP contribution in [0.4, 0.5) is 0 Å². The number of aliphatic carboxylic acids is 1. The highest BCUT2D eigenvalue weighted by Crippen LogP contribution is 2.22. The van der Waals surface area contributed by atoms with Crippen molar-refractivity contribution in [3.63, 3.8) is 0 Å². The molecule has 0 heterocycles. The maximum absolute atomic E-state index is 10.5. The SMILES string of the molecule is CC(C)(C)c1ccc(CNC[C@@H](O)[C@@H](O)C(=O)O)cc1. The zero-order valence-corrected chi connectivity index (χ0v) is 12.1. The third kappa shape index (κ3) is 4.92. The van der Waals surface area contributed by atoms with Gasteiger partial charge in [-0.15, -0.1) is 0 Å². The average Bonchev–Trinajstić information content (AvgIpc) is 2.37. The molecule has 1 rings (SSSR count). The summed E-state index contributed by atoms with van der Waals surface area (Å²) in [7, 11) is 0. The second-order valence-electron chi connectivity index (χ2n) is 5.93. The molecular weight excluding hydrogens is 258 g/mol. The van der Waals surface area contributed by atoms with Gasteiger partial charge in [-0.1, -0.05) is 45.0 Å². The summed E-state index contributed by atoms with van der Waals surface area (Å²) < 4.78 is 0. The number of aliphatic hydroxyl groups is 2. The van der Waals surface area contributed by atoms with Crippen LogP contribution in [0.5, 0.6) is 0 Å². The first-order valence-corrected chi connectivity index (χ1v) is 6.61. The zero-order chi connectivity index (χ0) is 15.3. The maximum Gasteiger partial charge on any atom is 0.335 e. The Balaban J connectivity index is 2.45. The largest absolute Gasteiger partial charge is 0.479 e. The molecule has 2 atom stereocenters. The van der Waals surface area contributed by atoms with Gasteiger partial charge in [0.15, 0.2) is 6.10 Å². The molecule has 0 saturated carbocycles. The molecule has 0 radical (unpaired) electrons. The smallest absolute Gasteiger partial charge is 0.335 e. The number of hydrogen-bond donors (Lipinski definition) is 4. The fraction of sp³-hybridized carbons (Fsp3) is 0.533. The summed E-state index contributed by atoms with van der Waals surface area (Å²) in [5.74, 6) is -1.42. The quantitative estimate of drug-likeness (QED) is 0.621. The van der Waals surface area contributed by atoms with E-state index >= 15 is 0 Å². The van der Waals surface area contributed by atoms with E-state index in [2.05, 4.69) is 38.2 Å². The average molecular weight is 281 g/mol. The summed E-state index contributed by atoms with van der Waals surface area (Å²) in [5.41, 5.74) is 2.38. The lowest BCUT2D eigenvalue weighted by molar-refractivity contribution is -0.152. The van der Waals surface area contributed by atoms with Crippen LogP contribution in [0, 0.1) is 0 Å². The molecule has 0 fully saturated rings. The molecule has 20 heavy (non-hydrogen) atoms. The fourth-order valence-electron chi connectivity index (χ4n) is 1.76. The first-order chi connectivity index (χ1) is 9.21. The van der Waals surface area contributed by atoms with E-state index in [4.69, 9.17) is 10.2 Å². The minimum Gasteiger partial charge on any atom is -0.479 e. The van der Waals surface area contributed by atoms with Crippen LogP contribution < -0.4 is 5.32 Å². The number of benzene rings is 1. The van der Waals surface area contributed by atoms with Gasteiger partial charge in [-0.05, 0) is 16.5 Å². The number of aliphatic hydroxyl groups excluding tert-OH is 2. The van der Waals surface area contributed by atoms with Crippen molar-refractivity contribution in [2.24, 2.45) is 0 Å². The van der Waals surface area contributed by atoms with E-state index in [0.717, 1.165) is 5.56 Å². The van der Waals surface area contributed by atoms with Gasteiger partial charge in [-0.25, -0.2) is 4.79 Å². The predicted molar refractivity (Wildman–Crippen MR) is 76.5 cm³/mol. The standard InChI is InChI=1S/C15H23NO4/c1-15(2,3)11-6-4-10(5-7-11)8-16-9-12(17)13(18)14(19)20/h4-7,12-13,16-18H,8-9H2,1-3H3,(H,19,20)/t12-,13-/m1/s1. The first-order valence-electron chi connectivity index (χ1n) is 6.61. The van der Waals surface area contributed by atoms with Crippen molar-refractivity contribution in [1.29, 1.82) is 0 Å². The van der Waals surface area contributed by atoms with Gasteiger partial charge in [0.1, 0.15) is 6.10 Å². The molecule has 0 bridgehead atoms. The molecule has 0 aliphatic heterocycles. The summed E-state index contributed by atoms with van der Waals surface area (Å²) in [4.78, 5) is 10.5. The molecule has 0 unspecified atom stereocenters. The van der Waals surface area contributed by atoms with Gasteiger partial charge in [0.25, 0.3) is 0 Å². The summed E-state index contributed by atoms with van der Waals surface area (Å²) in [6.45, 7) is 6.96. The minimum atomic E-state index is -1.76. The van der Waals surface area contributed by atoms with Crippen LogP contribution in [0.3, 0.4) is 0 Å². The molecule has 0 spiro atoms. The van der Waals surface area contributed by atoms with Crippen molar-refractivity contribution in [3.05, 3.63) is 35.4 Å². The number of nitrogens with one attached hydrogen (secondary N) is 1. The zero-order valence-electron chi connectivity index (χ0n) is 12.1. The van der Waals surface area contributed by atoms with Gasteiger partial charge in [-0.2, -0.15) is 0 Å². The van der Waals surface area contributed by atoms with Gasteiger partial charge < -0.3 is 20.6 Å². The lowest BCUT2D eigenvalue weighted by atomic mass is 9.87. The Hall–Kier alpha value is -1.43. The second-order valence-corrected chi connectivity index (χ2v) is 5.93. The monoisotopic (exact) mass is 281 g/mol. The Labute approximate surface area is 119 Å². The Morgan fingerprint density at radius 1 is 1.20 bits per heavy atom. The van der Waals surface area contributed by atoms with E-state index in [-0.39, 0.29) is 12.0 Å². The van der Waals surface area contributed by atoms with Gasteiger partial charge in [-0.3, -0.25) is 0 Å². The predicted octanol–water partition coefficient (Wildman–Crippen LogP) is 0.880. The third-order valence-corrected chi connectivity index (χ3v) is 3.12. The van der Waals surface area contributed by atoms with Crippen LogP contribution in [0.2, 0.25) is 0 Å². The van der Waals surface area contributed by atoms with Gasteiger partial charge in [0.2, 0.25) is 0 Å². The number of carboxylic acids is 1. The van der Waals surface area contributed by atoms with Crippen LogP contribution >= 0.6 is 0 Å². The Morgan fingerprint density at radius 2 is 1.75 bits per heavy atom. The van der Waals surface area contributed by atoms with E-state index in [9.17, 15) is 9.90 Å². The summed E-state index contributed by atoms with van der Waals surface area (Å²) >= 11 is 0.